The van der Waals surface area contributed by atoms with Crippen LogP contribution in [0, 0.1) is 17.8 Å². The lowest BCUT2D eigenvalue weighted by Gasteiger charge is -2.38. The van der Waals surface area contributed by atoms with Gasteiger partial charge in [0, 0.05) is 11.1 Å². The van der Waals surface area contributed by atoms with E-state index < -0.39 is 35.7 Å². The van der Waals surface area contributed by atoms with Gasteiger partial charge in [-0.2, -0.15) is 0 Å². The molecule has 30 heavy (non-hydrogen) atoms. The van der Waals surface area contributed by atoms with Crippen LogP contribution in [-0.2, 0) is 15.1 Å². The second-order valence-corrected chi connectivity index (χ2v) is 8.76. The Kier molecular flexibility index (Phi) is 6.32. The second-order valence-electron chi connectivity index (χ2n) is 8.76. The molecule has 0 aromatic heterocycles. The number of hydrogen-bond acceptors (Lipinski definition) is 4. The number of aliphatic hydroxyl groups is 1. The molecule has 1 N–H and O–H groups in total. The molecule has 0 spiro atoms. The summed E-state index contributed by atoms with van der Waals surface area (Å²) >= 11 is 0. The van der Waals surface area contributed by atoms with Crippen LogP contribution in [0.5, 0.6) is 0 Å². The molecule has 0 radical (unpaired) electrons. The van der Waals surface area contributed by atoms with Crippen molar-refractivity contribution in [3.8, 4) is 0 Å². The monoisotopic (exact) mass is 409 g/mol. The number of rotatable bonds is 6. The summed E-state index contributed by atoms with van der Waals surface area (Å²) in [5.74, 6) is -1.31. The van der Waals surface area contributed by atoms with Crippen molar-refractivity contribution in [2.24, 2.45) is 17.8 Å². The van der Waals surface area contributed by atoms with Crippen LogP contribution in [0.1, 0.15) is 45.7 Å². The van der Waals surface area contributed by atoms with E-state index in [0.29, 0.717) is 0 Å². The van der Waals surface area contributed by atoms with Gasteiger partial charge in [-0.25, -0.2) is 9.69 Å². The van der Waals surface area contributed by atoms with E-state index in [0.717, 1.165) is 11.1 Å². The Balaban J connectivity index is 2.17. The molecule has 1 aliphatic heterocycles. The maximum Gasteiger partial charge on any atom is 0.418 e. The van der Waals surface area contributed by atoms with Gasteiger partial charge in [-0.3, -0.25) is 4.79 Å². The van der Waals surface area contributed by atoms with Crippen LogP contribution in [0.4, 0.5) is 4.79 Å². The first-order valence-corrected chi connectivity index (χ1v) is 10.6. The van der Waals surface area contributed by atoms with Crippen LogP contribution in [0.15, 0.2) is 60.7 Å². The van der Waals surface area contributed by atoms with Crippen molar-refractivity contribution in [3.63, 3.8) is 0 Å². The average Bonchev–Trinajstić information content (AvgIpc) is 3.07. The van der Waals surface area contributed by atoms with E-state index in [-0.39, 0.29) is 11.8 Å². The SMILES string of the molecule is CC(C)[C@@H](O)[C@@H](C)C(=O)N1C(=O)OC(c2ccccc2)(c2ccccc2)[C@@H]1C(C)C. The predicted octanol–water partition coefficient (Wildman–Crippen LogP) is 4.59. The molecule has 1 saturated heterocycles. The number of nitrogens with zero attached hydrogens (tertiary/aromatic N) is 1. The topological polar surface area (TPSA) is 66.8 Å². The number of hydrogen-bond donors (Lipinski definition) is 1. The first kappa shape index (κ1) is 22.0. The lowest BCUT2D eigenvalue weighted by atomic mass is 9.75. The number of cyclic esters (lactones) is 1. The highest BCUT2D eigenvalue weighted by molar-refractivity contribution is 5.96. The fourth-order valence-corrected chi connectivity index (χ4v) is 4.48. The molecule has 2 aromatic rings. The molecule has 0 bridgehead atoms. The van der Waals surface area contributed by atoms with Crippen LogP contribution in [-0.4, -0.2) is 34.2 Å². The standard InChI is InChI=1S/C25H31NO4/c1-16(2)21(27)18(5)23(28)26-22(17(3)4)25(30-24(26)29,19-12-8-6-9-13-19)20-14-10-7-11-15-20/h6-18,21-22,27H,1-5H3/t18-,21-,22+/m1/s1. The minimum Gasteiger partial charge on any atom is -0.430 e. The minimum absolute atomic E-state index is 0.0794. The third-order valence-corrected chi connectivity index (χ3v) is 6.00. The molecule has 3 rings (SSSR count). The molecule has 0 aliphatic carbocycles. The van der Waals surface area contributed by atoms with E-state index in [2.05, 4.69) is 0 Å². The molecule has 0 saturated carbocycles. The van der Waals surface area contributed by atoms with E-state index in [1.54, 1.807) is 6.92 Å². The molecular weight excluding hydrogens is 378 g/mol. The highest BCUT2D eigenvalue weighted by Gasteiger charge is 2.59. The Labute approximate surface area is 178 Å². The van der Waals surface area contributed by atoms with Crippen molar-refractivity contribution >= 4 is 12.0 Å². The Bertz CT molecular complexity index is 839. The largest absolute Gasteiger partial charge is 0.430 e. The van der Waals surface area contributed by atoms with E-state index in [9.17, 15) is 14.7 Å². The number of benzene rings is 2. The third-order valence-electron chi connectivity index (χ3n) is 6.00. The van der Waals surface area contributed by atoms with Crippen molar-refractivity contribution in [2.45, 2.75) is 52.4 Å². The Morgan fingerprint density at radius 1 is 0.933 bits per heavy atom. The lowest BCUT2D eigenvalue weighted by molar-refractivity contribution is -0.138. The molecule has 2 amide bonds. The molecule has 1 heterocycles. The summed E-state index contributed by atoms with van der Waals surface area (Å²) < 4.78 is 6.10. The fourth-order valence-electron chi connectivity index (χ4n) is 4.48. The summed E-state index contributed by atoms with van der Waals surface area (Å²) in [7, 11) is 0. The van der Waals surface area contributed by atoms with Gasteiger partial charge in [-0.05, 0) is 11.8 Å². The van der Waals surface area contributed by atoms with Crippen molar-refractivity contribution in [3.05, 3.63) is 71.8 Å². The average molecular weight is 410 g/mol. The summed E-state index contributed by atoms with van der Waals surface area (Å²) in [4.78, 5) is 27.9. The molecule has 2 aromatic carbocycles. The summed E-state index contributed by atoms with van der Waals surface area (Å²) in [6.45, 7) is 9.35. The Morgan fingerprint density at radius 2 is 1.40 bits per heavy atom. The van der Waals surface area contributed by atoms with E-state index in [1.807, 2.05) is 88.4 Å². The van der Waals surface area contributed by atoms with Gasteiger partial charge in [0.2, 0.25) is 5.91 Å². The molecule has 1 aliphatic rings. The number of imide groups is 1. The van der Waals surface area contributed by atoms with Crippen LogP contribution in [0.3, 0.4) is 0 Å². The Morgan fingerprint density at radius 3 is 1.80 bits per heavy atom. The van der Waals surface area contributed by atoms with E-state index in [1.165, 1.54) is 4.90 Å². The van der Waals surface area contributed by atoms with Crippen molar-refractivity contribution in [1.29, 1.82) is 0 Å². The number of ether oxygens (including phenoxy) is 1. The lowest BCUT2D eigenvalue weighted by Crippen LogP contribution is -2.52. The maximum absolute atomic E-state index is 13.4. The molecule has 160 valence electrons. The van der Waals surface area contributed by atoms with E-state index in [4.69, 9.17) is 4.74 Å². The molecular formula is C25H31NO4. The van der Waals surface area contributed by atoms with Gasteiger partial charge >= 0.3 is 6.09 Å². The van der Waals surface area contributed by atoms with Crippen LogP contribution in [0.25, 0.3) is 0 Å². The predicted molar refractivity (Wildman–Crippen MR) is 116 cm³/mol. The first-order valence-electron chi connectivity index (χ1n) is 10.6. The Hall–Kier alpha value is -2.66. The minimum atomic E-state index is -1.12. The highest BCUT2D eigenvalue weighted by atomic mass is 16.6. The van der Waals surface area contributed by atoms with Gasteiger partial charge in [0.1, 0.15) is 0 Å². The van der Waals surface area contributed by atoms with Crippen LogP contribution < -0.4 is 0 Å². The first-order chi connectivity index (χ1) is 14.2. The van der Waals surface area contributed by atoms with Gasteiger partial charge in [0.25, 0.3) is 0 Å². The van der Waals surface area contributed by atoms with Gasteiger partial charge in [0.05, 0.1) is 18.1 Å². The molecule has 5 nitrogen and oxygen atoms in total. The summed E-state index contributed by atoms with van der Waals surface area (Å²) in [6.07, 6.45) is -1.52. The molecule has 1 fully saturated rings. The van der Waals surface area contributed by atoms with Gasteiger partial charge in [-0.1, -0.05) is 95.3 Å². The number of carbonyl (C=O) groups excluding carboxylic acids is 2. The van der Waals surface area contributed by atoms with Crippen LogP contribution >= 0.6 is 0 Å². The quantitative estimate of drug-likeness (QED) is 0.758. The normalized spacial score (nSPS) is 20.3. The second kappa shape index (κ2) is 8.60. The number of amides is 2. The summed E-state index contributed by atoms with van der Waals surface area (Å²) in [5, 5.41) is 10.5. The molecule has 5 heteroatoms. The zero-order valence-corrected chi connectivity index (χ0v) is 18.3. The zero-order valence-electron chi connectivity index (χ0n) is 18.3. The molecule has 3 atom stereocenters. The van der Waals surface area contributed by atoms with Crippen LogP contribution in [0.2, 0.25) is 0 Å². The molecule has 0 unspecified atom stereocenters. The summed E-state index contributed by atoms with van der Waals surface area (Å²) in [5.41, 5.74) is 0.512. The zero-order chi connectivity index (χ0) is 22.1. The number of aliphatic hydroxyl groups excluding tert-OH is 1. The number of carbonyl (C=O) groups is 2. The fraction of sp³-hybridized carbons (Fsp3) is 0.440. The third kappa shape index (κ3) is 3.63. The van der Waals surface area contributed by atoms with Crippen molar-refractivity contribution < 1.29 is 19.4 Å². The van der Waals surface area contributed by atoms with Crippen molar-refractivity contribution in [2.75, 3.05) is 0 Å². The smallest absolute Gasteiger partial charge is 0.418 e. The van der Waals surface area contributed by atoms with Gasteiger partial charge in [0.15, 0.2) is 5.60 Å². The maximum atomic E-state index is 13.4. The van der Waals surface area contributed by atoms with Gasteiger partial charge in [-0.15, -0.1) is 0 Å². The highest BCUT2D eigenvalue weighted by Crippen LogP contribution is 2.47. The van der Waals surface area contributed by atoms with Gasteiger partial charge < -0.3 is 9.84 Å². The van der Waals surface area contributed by atoms with Crippen molar-refractivity contribution in [1.82, 2.24) is 4.90 Å². The van der Waals surface area contributed by atoms with E-state index >= 15 is 0 Å². The summed E-state index contributed by atoms with van der Waals surface area (Å²) in [6, 6.07) is 18.6.